The highest BCUT2D eigenvalue weighted by Gasteiger charge is 2.17. The lowest BCUT2D eigenvalue weighted by molar-refractivity contribution is -0.117. The lowest BCUT2D eigenvalue weighted by Crippen LogP contribution is -2.28. The molecule has 0 radical (unpaired) electrons. The van der Waals surface area contributed by atoms with Gasteiger partial charge in [0, 0.05) is 51.4 Å². The number of pyridine rings is 2. The Labute approximate surface area is 215 Å². The molecule has 2 aromatic heterocycles. The zero-order valence-electron chi connectivity index (χ0n) is 21.2. The molecule has 37 heavy (non-hydrogen) atoms. The van der Waals surface area contributed by atoms with Gasteiger partial charge < -0.3 is 24.3 Å². The van der Waals surface area contributed by atoms with Gasteiger partial charge in [0.2, 0.25) is 0 Å². The molecule has 0 aliphatic rings. The lowest BCUT2D eigenvalue weighted by atomic mass is 10.1. The Bertz CT molecular complexity index is 1320. The van der Waals surface area contributed by atoms with Crippen molar-refractivity contribution < 1.29 is 18.7 Å². The first kappa shape index (κ1) is 27.3. The second kappa shape index (κ2) is 13.2. The van der Waals surface area contributed by atoms with Crippen molar-refractivity contribution in [3.05, 3.63) is 118 Å². The molecule has 3 aromatic rings. The summed E-state index contributed by atoms with van der Waals surface area (Å²) in [5.74, 6) is -0.994. The summed E-state index contributed by atoms with van der Waals surface area (Å²) in [7, 11) is 4.73. The van der Waals surface area contributed by atoms with E-state index in [1.165, 1.54) is 32.5 Å². The monoisotopic (exact) mass is 506 g/mol. The summed E-state index contributed by atoms with van der Waals surface area (Å²) in [6.45, 7) is 5.02. The normalized spacial score (nSPS) is 11.2. The SMILES string of the molecule is C=C(COC)/C(=C\N(C)Cc1ccc(Cn2ccccc2=O)cc1)C(=O)NCc1nccc(OC)c1F. The maximum atomic E-state index is 14.4. The van der Waals surface area contributed by atoms with Gasteiger partial charge in [-0.3, -0.25) is 14.6 Å². The van der Waals surface area contributed by atoms with E-state index >= 15 is 0 Å². The Morgan fingerprint density at radius 1 is 1.16 bits per heavy atom. The van der Waals surface area contributed by atoms with Gasteiger partial charge in [0.05, 0.1) is 38.1 Å². The van der Waals surface area contributed by atoms with Crippen LogP contribution in [0.25, 0.3) is 0 Å². The first-order chi connectivity index (χ1) is 17.8. The van der Waals surface area contributed by atoms with Crippen molar-refractivity contribution in [3.63, 3.8) is 0 Å². The molecule has 1 N–H and O–H groups in total. The summed E-state index contributed by atoms with van der Waals surface area (Å²) in [6.07, 6.45) is 4.86. The lowest BCUT2D eigenvalue weighted by Gasteiger charge is -2.19. The third kappa shape index (κ3) is 7.62. The van der Waals surface area contributed by atoms with E-state index in [1.807, 2.05) is 42.3 Å². The zero-order chi connectivity index (χ0) is 26.8. The number of nitrogens with one attached hydrogen (secondary N) is 1. The summed E-state index contributed by atoms with van der Waals surface area (Å²) < 4.78 is 26.2. The number of methoxy groups -OCH3 is 2. The van der Waals surface area contributed by atoms with E-state index in [0.717, 1.165) is 11.1 Å². The fraction of sp³-hybridized carbons (Fsp3) is 0.250. The molecule has 0 unspecified atom stereocenters. The molecule has 0 aliphatic heterocycles. The molecule has 1 amide bonds. The quantitative estimate of drug-likeness (QED) is 0.300. The molecular formula is C28H31FN4O4. The highest BCUT2D eigenvalue weighted by Crippen LogP contribution is 2.18. The molecule has 194 valence electrons. The van der Waals surface area contributed by atoms with Crippen LogP contribution in [0.2, 0.25) is 0 Å². The summed E-state index contributed by atoms with van der Waals surface area (Å²) in [5, 5.41) is 2.70. The van der Waals surface area contributed by atoms with E-state index in [-0.39, 0.29) is 30.2 Å². The number of hydrogen-bond donors (Lipinski definition) is 1. The van der Waals surface area contributed by atoms with Crippen molar-refractivity contribution in [1.82, 2.24) is 19.8 Å². The van der Waals surface area contributed by atoms with Crippen LogP contribution < -0.4 is 15.6 Å². The largest absolute Gasteiger partial charge is 0.494 e. The van der Waals surface area contributed by atoms with E-state index in [0.29, 0.717) is 24.2 Å². The van der Waals surface area contributed by atoms with Crippen molar-refractivity contribution in [2.24, 2.45) is 0 Å². The minimum Gasteiger partial charge on any atom is -0.494 e. The van der Waals surface area contributed by atoms with Gasteiger partial charge >= 0.3 is 0 Å². The van der Waals surface area contributed by atoms with Crippen LogP contribution in [0.15, 0.2) is 89.6 Å². The fourth-order valence-electron chi connectivity index (χ4n) is 3.66. The highest BCUT2D eigenvalue weighted by molar-refractivity contribution is 5.97. The molecule has 2 heterocycles. The van der Waals surface area contributed by atoms with Crippen molar-refractivity contribution in [1.29, 1.82) is 0 Å². The van der Waals surface area contributed by atoms with Crippen molar-refractivity contribution in [2.75, 3.05) is 27.9 Å². The van der Waals surface area contributed by atoms with Crippen LogP contribution in [0.4, 0.5) is 4.39 Å². The predicted molar refractivity (Wildman–Crippen MR) is 139 cm³/mol. The number of nitrogens with zero attached hydrogens (tertiary/aromatic N) is 3. The van der Waals surface area contributed by atoms with Crippen LogP contribution >= 0.6 is 0 Å². The molecule has 3 rings (SSSR count). The van der Waals surface area contributed by atoms with E-state index in [4.69, 9.17) is 9.47 Å². The molecule has 0 bridgehead atoms. The van der Waals surface area contributed by atoms with Gasteiger partial charge in [-0.2, -0.15) is 0 Å². The first-order valence-corrected chi connectivity index (χ1v) is 11.6. The molecular weight excluding hydrogens is 475 g/mol. The minimum absolute atomic E-state index is 0.0523. The smallest absolute Gasteiger partial charge is 0.253 e. The van der Waals surface area contributed by atoms with Gasteiger partial charge in [0.1, 0.15) is 0 Å². The second-order valence-corrected chi connectivity index (χ2v) is 8.43. The zero-order valence-corrected chi connectivity index (χ0v) is 21.2. The Kier molecular flexibility index (Phi) is 9.74. The van der Waals surface area contributed by atoms with Gasteiger partial charge in [0.25, 0.3) is 11.5 Å². The van der Waals surface area contributed by atoms with E-state index in [1.54, 1.807) is 23.0 Å². The number of ether oxygens (including phenoxy) is 2. The van der Waals surface area contributed by atoms with Gasteiger partial charge in [-0.25, -0.2) is 4.39 Å². The summed E-state index contributed by atoms with van der Waals surface area (Å²) in [5.41, 5.74) is 2.83. The van der Waals surface area contributed by atoms with Crippen molar-refractivity contribution in [3.8, 4) is 5.75 Å². The number of rotatable bonds is 12. The van der Waals surface area contributed by atoms with Crippen LogP contribution in [0.3, 0.4) is 0 Å². The summed E-state index contributed by atoms with van der Waals surface area (Å²) in [6, 6.07) is 14.4. The standard InChI is InChI=1S/C28H31FN4O4/c1-20(19-36-3)23(28(35)31-15-24-27(29)25(37-4)12-13-30-24)18-32(2)16-21-8-10-22(11-9-21)17-33-14-6-5-7-26(33)34/h5-14,18H,1,15-17,19H2,2-4H3,(H,31,35)/b23-18+. The molecule has 0 spiro atoms. The van der Waals surface area contributed by atoms with Gasteiger partial charge in [-0.15, -0.1) is 0 Å². The molecule has 0 aliphatic carbocycles. The predicted octanol–water partition coefficient (Wildman–Crippen LogP) is 3.27. The van der Waals surface area contributed by atoms with Gasteiger partial charge in [-0.05, 0) is 22.8 Å². The fourth-order valence-corrected chi connectivity index (χ4v) is 3.66. The van der Waals surface area contributed by atoms with Crippen LogP contribution in [0.1, 0.15) is 16.8 Å². The molecule has 1 aromatic carbocycles. The van der Waals surface area contributed by atoms with Crippen molar-refractivity contribution in [2.45, 2.75) is 19.6 Å². The average molecular weight is 507 g/mol. The minimum atomic E-state index is -0.621. The van der Waals surface area contributed by atoms with Crippen molar-refractivity contribution >= 4 is 5.91 Å². The molecule has 8 nitrogen and oxygen atoms in total. The number of carbonyl (C=O) groups is 1. The van der Waals surface area contributed by atoms with Crippen LogP contribution in [-0.2, 0) is 29.2 Å². The number of halogens is 1. The Morgan fingerprint density at radius 2 is 1.89 bits per heavy atom. The number of carbonyl (C=O) groups excluding carboxylic acids is 1. The maximum Gasteiger partial charge on any atom is 0.253 e. The third-order valence-electron chi connectivity index (χ3n) is 5.56. The van der Waals surface area contributed by atoms with E-state index < -0.39 is 11.7 Å². The maximum absolute atomic E-state index is 14.4. The number of amides is 1. The number of hydrogen-bond acceptors (Lipinski definition) is 6. The molecule has 0 saturated heterocycles. The Hall–Kier alpha value is -4.24. The topological polar surface area (TPSA) is 85.7 Å². The van der Waals surface area contributed by atoms with E-state index in [9.17, 15) is 14.0 Å². The first-order valence-electron chi connectivity index (χ1n) is 11.6. The second-order valence-electron chi connectivity index (χ2n) is 8.43. The van der Waals surface area contributed by atoms with Gasteiger partial charge in [0.15, 0.2) is 11.6 Å². The van der Waals surface area contributed by atoms with E-state index in [2.05, 4.69) is 16.9 Å². The Morgan fingerprint density at radius 3 is 2.57 bits per heavy atom. The number of aromatic nitrogens is 2. The molecule has 0 atom stereocenters. The van der Waals surface area contributed by atoms with Crippen LogP contribution in [0.5, 0.6) is 5.75 Å². The van der Waals surface area contributed by atoms with Crippen LogP contribution in [-0.4, -0.2) is 48.2 Å². The molecule has 0 saturated carbocycles. The number of benzene rings is 1. The molecule has 0 fully saturated rings. The molecule has 9 heteroatoms. The van der Waals surface area contributed by atoms with Crippen LogP contribution in [0, 0.1) is 5.82 Å². The third-order valence-corrected chi connectivity index (χ3v) is 5.56. The Balaban J connectivity index is 1.69. The average Bonchev–Trinajstić information content (AvgIpc) is 2.89. The highest BCUT2D eigenvalue weighted by atomic mass is 19.1. The summed E-state index contributed by atoms with van der Waals surface area (Å²) >= 11 is 0. The summed E-state index contributed by atoms with van der Waals surface area (Å²) in [4.78, 5) is 30.8. The van der Waals surface area contributed by atoms with Gasteiger partial charge in [-0.1, -0.05) is 36.9 Å².